The van der Waals surface area contributed by atoms with Gasteiger partial charge in [0, 0.05) is 34.6 Å². The van der Waals surface area contributed by atoms with Crippen molar-refractivity contribution in [2.45, 2.75) is 52.1 Å². The van der Waals surface area contributed by atoms with Crippen LogP contribution in [0.3, 0.4) is 0 Å². The summed E-state index contributed by atoms with van der Waals surface area (Å²) in [5.41, 5.74) is 6.24. The minimum absolute atomic E-state index is 0.0283. The van der Waals surface area contributed by atoms with Gasteiger partial charge >= 0.3 is 0 Å². The molecule has 1 N–H and O–H groups in total. The molecule has 4 aliphatic rings. The van der Waals surface area contributed by atoms with Gasteiger partial charge in [0.05, 0.1) is 33.0 Å². The number of hydrogen-bond donors (Lipinski definition) is 1. The van der Waals surface area contributed by atoms with Gasteiger partial charge in [-0.05, 0) is 54.7 Å². The first-order valence-corrected chi connectivity index (χ1v) is 13.6. The number of carbonyl (C=O) groups is 3. The molecule has 0 unspecified atom stereocenters. The topological polar surface area (TPSA) is 148 Å². The molecule has 4 aliphatic carbocycles. The molecule has 4 rings (SSSR count). The van der Waals surface area contributed by atoms with Crippen LogP contribution in [0.1, 0.15) is 46.5 Å². The largest absolute Gasteiger partial charge is 0.381 e. The number of ether oxygens (including phenoxy) is 3. The molecular weight excluding hydrogens is 490 g/mol. The maximum Gasteiger partial charge on any atom is 0.190 e. The molecule has 7 atom stereocenters. The van der Waals surface area contributed by atoms with E-state index >= 15 is 0 Å². The Bertz CT molecular complexity index is 1070. The van der Waals surface area contributed by atoms with Gasteiger partial charge in [-0.25, -0.2) is 0 Å². The molecule has 38 heavy (non-hydrogen) atoms. The summed E-state index contributed by atoms with van der Waals surface area (Å²) in [7, 11) is 0. The first kappa shape index (κ1) is 28.6. The van der Waals surface area contributed by atoms with Crippen LogP contribution < -0.4 is 0 Å². The molecule has 3 fully saturated rings. The number of allylic oxidation sites excluding steroid dienone is 4. The average Bonchev–Trinajstić information content (AvgIpc) is 3.08. The molecule has 0 heterocycles. The highest BCUT2D eigenvalue weighted by Crippen LogP contribution is 2.67. The van der Waals surface area contributed by atoms with E-state index in [9.17, 15) is 19.5 Å². The van der Waals surface area contributed by atoms with E-state index in [4.69, 9.17) is 19.7 Å². The third-order valence-electron chi connectivity index (χ3n) is 9.64. The number of ketones is 3. The zero-order chi connectivity index (χ0) is 27.6. The number of fused-ring (bicyclic) bond motifs is 5. The predicted molar refractivity (Wildman–Crippen MR) is 138 cm³/mol. The maximum absolute atomic E-state index is 13.7. The van der Waals surface area contributed by atoms with Crippen molar-refractivity contribution in [1.29, 1.82) is 0 Å². The molecule has 0 radical (unpaired) electrons. The summed E-state index contributed by atoms with van der Waals surface area (Å²) in [5, 5.41) is 15.3. The van der Waals surface area contributed by atoms with E-state index in [1.165, 1.54) is 0 Å². The van der Waals surface area contributed by atoms with Crippen LogP contribution in [0.4, 0.5) is 0 Å². The second kappa shape index (κ2) is 11.4. The van der Waals surface area contributed by atoms with E-state index in [1.807, 2.05) is 19.9 Å². The van der Waals surface area contributed by atoms with E-state index < -0.39 is 16.4 Å². The molecule has 0 saturated heterocycles. The lowest BCUT2D eigenvalue weighted by Gasteiger charge is -2.56. The molecule has 10 heteroatoms. The minimum atomic E-state index is -1.64. The molecule has 0 aromatic heterocycles. The first-order chi connectivity index (χ1) is 18.1. The third kappa shape index (κ3) is 4.89. The highest BCUT2D eigenvalue weighted by Gasteiger charge is 2.70. The van der Waals surface area contributed by atoms with E-state index in [2.05, 4.69) is 16.9 Å². The van der Waals surface area contributed by atoms with Gasteiger partial charge in [-0.15, -0.1) is 0 Å². The van der Waals surface area contributed by atoms with Crippen molar-refractivity contribution in [3.05, 3.63) is 34.2 Å². The molecule has 0 aliphatic heterocycles. The summed E-state index contributed by atoms with van der Waals surface area (Å²) >= 11 is 0. The van der Waals surface area contributed by atoms with Gasteiger partial charge in [0.1, 0.15) is 18.0 Å². The molecule has 0 amide bonds. The quantitative estimate of drug-likeness (QED) is 0.176. The van der Waals surface area contributed by atoms with Gasteiger partial charge in [-0.3, -0.25) is 14.4 Å². The second-order valence-electron chi connectivity index (χ2n) is 11.6. The van der Waals surface area contributed by atoms with E-state index in [0.717, 1.165) is 18.4 Å². The van der Waals surface area contributed by atoms with Crippen molar-refractivity contribution >= 4 is 17.3 Å². The molecule has 10 nitrogen and oxygen atoms in total. The summed E-state index contributed by atoms with van der Waals surface area (Å²) in [6, 6.07) is 0. The average molecular weight is 530 g/mol. The Labute approximate surface area is 223 Å². The highest BCUT2D eigenvalue weighted by molar-refractivity contribution is 6.02. The molecule has 3 saturated carbocycles. The molecule has 0 bridgehead atoms. The van der Waals surface area contributed by atoms with Crippen LogP contribution in [0, 0.1) is 34.5 Å². The van der Waals surface area contributed by atoms with Crippen LogP contribution in [0.2, 0.25) is 0 Å². The molecular formula is C28H39N3O7. The zero-order valence-corrected chi connectivity index (χ0v) is 22.6. The lowest BCUT2D eigenvalue weighted by atomic mass is 9.46. The number of nitrogens with zero attached hydrogens (tertiary/aromatic N) is 3. The number of carbonyl (C=O) groups excluding carboxylic acids is 3. The zero-order valence-electron chi connectivity index (χ0n) is 22.6. The Balaban J connectivity index is 1.35. The number of azide groups is 1. The number of aliphatic hydroxyl groups is 1. The van der Waals surface area contributed by atoms with Crippen LogP contribution in [0.25, 0.3) is 10.4 Å². The van der Waals surface area contributed by atoms with Gasteiger partial charge in [0.25, 0.3) is 0 Å². The third-order valence-corrected chi connectivity index (χ3v) is 9.64. The number of hydrogen-bond acceptors (Lipinski definition) is 8. The fraction of sp³-hybridized carbons (Fsp3) is 0.750. The SMILES string of the molecule is C[C@@H]1C[C@H]2[C@@H]3CCC4=CC(=O)C=C[C@]4(C)[C@H]3C(=O)C[C@]2(C)[C@@]1(O)C(=O)COCCOCCOCCN=[N+]=[N-]. The van der Waals surface area contributed by atoms with Crippen molar-refractivity contribution in [2.24, 2.45) is 39.6 Å². The van der Waals surface area contributed by atoms with Crippen molar-refractivity contribution in [2.75, 3.05) is 46.2 Å². The summed E-state index contributed by atoms with van der Waals surface area (Å²) in [4.78, 5) is 41.8. The maximum atomic E-state index is 13.7. The van der Waals surface area contributed by atoms with Crippen molar-refractivity contribution in [3.63, 3.8) is 0 Å². The number of Topliss-reactive ketones (excluding diaryl/α,β-unsaturated/α-hetero) is 2. The van der Waals surface area contributed by atoms with Gasteiger partial charge in [0.2, 0.25) is 0 Å². The van der Waals surface area contributed by atoms with E-state index in [1.54, 1.807) is 12.2 Å². The number of rotatable bonds is 12. The van der Waals surface area contributed by atoms with Crippen LogP contribution in [0.15, 0.2) is 28.9 Å². The summed E-state index contributed by atoms with van der Waals surface area (Å²) in [5.74, 6) is -0.808. The Morgan fingerprint density at radius 1 is 1.16 bits per heavy atom. The fourth-order valence-corrected chi connectivity index (χ4v) is 7.82. The Morgan fingerprint density at radius 3 is 2.55 bits per heavy atom. The lowest BCUT2D eigenvalue weighted by molar-refractivity contribution is -0.174. The van der Waals surface area contributed by atoms with Crippen LogP contribution >= 0.6 is 0 Å². The van der Waals surface area contributed by atoms with Crippen LogP contribution in [-0.4, -0.2) is 74.2 Å². The van der Waals surface area contributed by atoms with Crippen molar-refractivity contribution < 1.29 is 33.7 Å². The molecule has 0 aromatic rings. The molecule has 208 valence electrons. The van der Waals surface area contributed by atoms with Crippen molar-refractivity contribution in [3.8, 4) is 0 Å². The predicted octanol–water partition coefficient (Wildman–Crippen LogP) is 3.38. The summed E-state index contributed by atoms with van der Waals surface area (Å²) < 4.78 is 16.3. The van der Waals surface area contributed by atoms with E-state index in [0.29, 0.717) is 26.2 Å². The smallest absolute Gasteiger partial charge is 0.190 e. The highest BCUT2D eigenvalue weighted by atomic mass is 16.5. The van der Waals surface area contributed by atoms with Crippen LogP contribution in [0.5, 0.6) is 0 Å². The summed E-state index contributed by atoms with van der Waals surface area (Å²) in [6.07, 6.45) is 7.50. The van der Waals surface area contributed by atoms with Gasteiger partial charge in [0.15, 0.2) is 11.6 Å². The standard InChI is InChI=1S/C28H39N3O7/c1-18-14-22-21-5-4-19-15-20(32)6-7-26(19,2)25(21)23(33)16-27(22,3)28(18,35)24(34)17-38-13-12-37-11-10-36-9-8-30-31-29/h6-7,15,18,21-22,25,35H,4-5,8-14,16-17H2,1-3H3/t18-,21+,22+,25-,26+,27+,28+/m1/s1. The van der Waals surface area contributed by atoms with Crippen molar-refractivity contribution in [1.82, 2.24) is 0 Å². The van der Waals surface area contributed by atoms with Crippen LogP contribution in [-0.2, 0) is 28.6 Å². The Kier molecular flexibility index (Phi) is 8.59. The summed E-state index contributed by atoms with van der Waals surface area (Å²) in [6.45, 7) is 7.39. The molecule has 0 spiro atoms. The van der Waals surface area contributed by atoms with Gasteiger partial charge in [-0.2, -0.15) is 0 Å². The minimum Gasteiger partial charge on any atom is -0.381 e. The van der Waals surface area contributed by atoms with E-state index in [-0.39, 0.29) is 73.8 Å². The Hall–Kier alpha value is -2.36. The normalized spacial score (nSPS) is 37.6. The van der Waals surface area contributed by atoms with Gasteiger partial charge in [-0.1, -0.05) is 37.5 Å². The Morgan fingerprint density at radius 2 is 1.84 bits per heavy atom. The second-order valence-corrected chi connectivity index (χ2v) is 11.6. The van der Waals surface area contributed by atoms with Gasteiger partial charge < -0.3 is 19.3 Å². The lowest BCUT2D eigenvalue weighted by Crippen LogP contribution is -2.61. The fourth-order valence-electron chi connectivity index (χ4n) is 7.82. The monoisotopic (exact) mass is 529 g/mol. The molecule has 0 aromatic carbocycles. The first-order valence-electron chi connectivity index (χ1n) is 13.6.